The molecular formula is C54H44N4S. The van der Waals surface area contributed by atoms with E-state index in [0.717, 1.165) is 23.4 Å². The Morgan fingerprint density at radius 2 is 1.49 bits per heavy atom. The fourth-order valence-corrected chi connectivity index (χ4v) is 10.3. The number of rotatable bonds is 8. The second-order valence-corrected chi connectivity index (χ2v) is 17.3. The van der Waals surface area contributed by atoms with Crippen molar-refractivity contribution < 1.29 is 0 Å². The van der Waals surface area contributed by atoms with Crippen LogP contribution in [0, 0.1) is 5.92 Å². The number of aromatic nitrogens is 1. The number of nitrogens with zero attached hydrogens (tertiary/aromatic N) is 3. The van der Waals surface area contributed by atoms with Crippen molar-refractivity contribution >= 4 is 77.0 Å². The van der Waals surface area contributed by atoms with Crippen LogP contribution in [0.1, 0.15) is 50.3 Å². The topological polar surface area (TPSA) is 41.7 Å². The first-order valence-electron chi connectivity index (χ1n) is 20.8. The molecule has 1 N–H and O–H groups in total. The van der Waals surface area contributed by atoms with Gasteiger partial charge in [0.2, 0.25) is 0 Å². The zero-order chi connectivity index (χ0) is 39.7. The molecule has 0 spiro atoms. The molecule has 286 valence electrons. The summed E-state index contributed by atoms with van der Waals surface area (Å²) in [7, 11) is 0. The zero-order valence-corrected chi connectivity index (χ0v) is 34.3. The number of dihydropyridines is 2. The Morgan fingerprint density at radius 1 is 0.797 bits per heavy atom. The molecule has 0 radical (unpaired) electrons. The smallest absolute Gasteiger partial charge is 0.0785 e. The predicted molar refractivity (Wildman–Crippen MR) is 254 cm³/mol. The monoisotopic (exact) mass is 780 g/mol. The molecule has 59 heavy (non-hydrogen) atoms. The van der Waals surface area contributed by atoms with E-state index in [4.69, 9.17) is 9.98 Å². The molecule has 0 bridgehead atoms. The van der Waals surface area contributed by atoms with Gasteiger partial charge in [0.15, 0.2) is 0 Å². The Morgan fingerprint density at radius 3 is 2.24 bits per heavy atom. The summed E-state index contributed by atoms with van der Waals surface area (Å²) in [6, 6.07) is 46.0. The SMILES string of the molecule is C/C=C(\N=CCC)c1ccccc1-c1ccc2c(c1)c1cc(-c3ccccc3C3(C)C=CC=CN3)ccc1n2-c1ccc2sc3ccc(C4=CC5CC5N=C4)cc3c2c1. The first-order chi connectivity index (χ1) is 29.0. The summed E-state index contributed by atoms with van der Waals surface area (Å²) >= 11 is 1.87. The second-order valence-electron chi connectivity index (χ2n) is 16.2. The maximum Gasteiger partial charge on any atom is 0.0785 e. The fourth-order valence-electron chi connectivity index (χ4n) is 9.27. The lowest BCUT2D eigenvalue weighted by Gasteiger charge is -2.31. The van der Waals surface area contributed by atoms with Gasteiger partial charge in [0.25, 0.3) is 0 Å². The normalized spacial score (nSPS) is 19.9. The van der Waals surface area contributed by atoms with Crippen LogP contribution >= 0.6 is 11.3 Å². The fraction of sp³-hybridized carbons (Fsp3) is 0.148. The van der Waals surface area contributed by atoms with E-state index in [1.54, 1.807) is 0 Å². The molecule has 3 aliphatic rings. The van der Waals surface area contributed by atoms with Crippen LogP contribution in [0.4, 0.5) is 0 Å². The van der Waals surface area contributed by atoms with Gasteiger partial charge in [0, 0.05) is 60.5 Å². The second kappa shape index (κ2) is 14.1. The van der Waals surface area contributed by atoms with Gasteiger partial charge in [-0.2, -0.15) is 0 Å². The zero-order valence-electron chi connectivity index (χ0n) is 33.5. The number of benzene rings is 6. The van der Waals surface area contributed by atoms with Crippen LogP contribution in [0.5, 0.6) is 0 Å². The van der Waals surface area contributed by atoms with Gasteiger partial charge in [-0.3, -0.25) is 9.98 Å². The van der Waals surface area contributed by atoms with E-state index in [-0.39, 0.29) is 5.54 Å². The van der Waals surface area contributed by atoms with Crippen LogP contribution in [0.25, 0.3) is 81.2 Å². The highest BCUT2D eigenvalue weighted by atomic mass is 32.1. The quantitative estimate of drug-likeness (QED) is 0.153. The number of hydrogen-bond donors (Lipinski definition) is 1. The lowest BCUT2D eigenvalue weighted by atomic mass is 9.84. The lowest BCUT2D eigenvalue weighted by Crippen LogP contribution is -2.35. The minimum absolute atomic E-state index is 0.324. The molecule has 1 saturated carbocycles. The molecule has 3 unspecified atom stereocenters. The van der Waals surface area contributed by atoms with Gasteiger partial charge in [0.05, 0.1) is 28.3 Å². The van der Waals surface area contributed by atoms with Crippen LogP contribution in [-0.4, -0.2) is 23.0 Å². The summed E-state index contributed by atoms with van der Waals surface area (Å²) in [4.78, 5) is 9.66. The molecule has 11 rings (SSSR count). The summed E-state index contributed by atoms with van der Waals surface area (Å²) < 4.78 is 5.07. The van der Waals surface area contributed by atoms with Gasteiger partial charge in [-0.1, -0.05) is 98.0 Å². The van der Waals surface area contributed by atoms with E-state index in [0.29, 0.717) is 12.0 Å². The van der Waals surface area contributed by atoms with Gasteiger partial charge >= 0.3 is 0 Å². The molecule has 6 aromatic carbocycles. The highest BCUT2D eigenvalue weighted by molar-refractivity contribution is 7.25. The van der Waals surface area contributed by atoms with Crippen molar-refractivity contribution in [1.82, 2.24) is 9.88 Å². The largest absolute Gasteiger partial charge is 0.378 e. The molecule has 0 saturated heterocycles. The van der Waals surface area contributed by atoms with Crippen LogP contribution in [0.2, 0.25) is 0 Å². The van der Waals surface area contributed by atoms with Gasteiger partial charge in [-0.25, -0.2) is 0 Å². The van der Waals surface area contributed by atoms with Crippen molar-refractivity contribution in [3.63, 3.8) is 0 Å². The lowest BCUT2D eigenvalue weighted by molar-refractivity contribution is 0.525. The van der Waals surface area contributed by atoms with Crippen molar-refractivity contribution in [2.45, 2.75) is 45.2 Å². The van der Waals surface area contributed by atoms with Crippen molar-refractivity contribution in [2.24, 2.45) is 15.9 Å². The number of aliphatic imine (C=N–C) groups is 2. The van der Waals surface area contributed by atoms with Crippen molar-refractivity contribution in [3.05, 3.63) is 175 Å². The average molecular weight is 781 g/mol. The standard InChI is InChI=1S/C54H44N4S/c1-4-25-55-48(5-2)42-14-7-6-12-40(42)35-16-20-50-43(29-35)44-30-36(41-13-8-9-15-47(41)54(3)24-10-11-26-57-54)17-21-51(44)58(50)39-19-23-53-46(32-39)45-28-34(18-22-52(45)59-53)38-27-37-31-49(37)56-33-38/h5-30,32-33,37,49,57H,4,31H2,1-3H3/b48-5-,55-25?. The van der Waals surface area contributed by atoms with Gasteiger partial charge in [-0.05, 0) is 133 Å². The Hall–Kier alpha value is -6.56. The van der Waals surface area contributed by atoms with E-state index in [1.165, 1.54) is 87.4 Å². The maximum absolute atomic E-state index is 4.86. The summed E-state index contributed by atoms with van der Waals surface area (Å²) in [5, 5.41) is 8.65. The molecular weight excluding hydrogens is 737 g/mol. The Kier molecular flexibility index (Phi) is 8.49. The van der Waals surface area contributed by atoms with E-state index in [9.17, 15) is 0 Å². The Bertz CT molecular complexity index is 3200. The highest BCUT2D eigenvalue weighted by Crippen LogP contribution is 2.44. The summed E-state index contributed by atoms with van der Waals surface area (Å²) in [5.41, 5.74) is 13.8. The van der Waals surface area contributed by atoms with Gasteiger partial charge in [-0.15, -0.1) is 11.3 Å². The van der Waals surface area contributed by atoms with Crippen LogP contribution in [0.3, 0.4) is 0 Å². The maximum atomic E-state index is 4.86. The van der Waals surface area contributed by atoms with Crippen LogP contribution in [-0.2, 0) is 5.54 Å². The Balaban J connectivity index is 1.12. The third-order valence-corrected chi connectivity index (χ3v) is 13.6. The number of nitrogens with one attached hydrogen (secondary N) is 1. The minimum Gasteiger partial charge on any atom is -0.378 e. The minimum atomic E-state index is -0.324. The molecule has 2 aromatic heterocycles. The molecule has 4 nitrogen and oxygen atoms in total. The number of hydrogen-bond acceptors (Lipinski definition) is 4. The number of allylic oxidation sites excluding steroid dienone is 4. The van der Waals surface area contributed by atoms with Gasteiger partial charge in [0.1, 0.15) is 0 Å². The van der Waals surface area contributed by atoms with E-state index >= 15 is 0 Å². The van der Waals surface area contributed by atoms with Crippen LogP contribution in [0.15, 0.2) is 168 Å². The summed E-state index contributed by atoms with van der Waals surface area (Å²) in [6.07, 6.45) is 19.2. The third-order valence-electron chi connectivity index (χ3n) is 12.4. The van der Waals surface area contributed by atoms with Gasteiger partial charge < -0.3 is 9.88 Å². The molecule has 1 fully saturated rings. The summed E-state index contributed by atoms with van der Waals surface area (Å²) in [5.74, 6) is 0.607. The molecule has 8 aromatic rings. The third kappa shape index (κ3) is 6.03. The summed E-state index contributed by atoms with van der Waals surface area (Å²) in [6.45, 7) is 6.45. The van der Waals surface area contributed by atoms with Crippen molar-refractivity contribution in [1.29, 1.82) is 0 Å². The van der Waals surface area contributed by atoms with Crippen molar-refractivity contribution in [3.8, 4) is 27.9 Å². The molecule has 4 heterocycles. The first kappa shape index (κ1) is 35.6. The molecule has 5 heteroatoms. The van der Waals surface area contributed by atoms with E-state index in [1.807, 2.05) is 23.8 Å². The van der Waals surface area contributed by atoms with Crippen LogP contribution < -0.4 is 5.32 Å². The molecule has 3 atom stereocenters. The van der Waals surface area contributed by atoms with Crippen molar-refractivity contribution in [2.75, 3.05) is 0 Å². The first-order valence-corrected chi connectivity index (χ1v) is 21.6. The van der Waals surface area contributed by atoms with E-state index < -0.39 is 0 Å². The number of thiophene rings is 1. The molecule has 0 amide bonds. The highest BCUT2D eigenvalue weighted by Gasteiger charge is 2.37. The Labute approximate surface area is 349 Å². The molecule has 1 aliphatic carbocycles. The van der Waals surface area contributed by atoms with E-state index in [2.05, 4.69) is 189 Å². The molecule has 2 aliphatic heterocycles. The average Bonchev–Trinajstić information content (AvgIpc) is 3.88. The predicted octanol–water partition coefficient (Wildman–Crippen LogP) is 14.1. The number of fused-ring (bicyclic) bond motifs is 7.